The first-order valence-corrected chi connectivity index (χ1v) is 32.4. The summed E-state index contributed by atoms with van der Waals surface area (Å²) in [5, 5.41) is 29.6. The van der Waals surface area contributed by atoms with Gasteiger partial charge >= 0.3 is 27.6 Å². The summed E-state index contributed by atoms with van der Waals surface area (Å²) >= 11 is 6.00. The molecule has 0 amide bonds. The quantitative estimate of drug-likeness (QED) is 0.0682. The highest BCUT2D eigenvalue weighted by atomic mass is 32.2. The number of nitrogens with one attached hydrogen (secondary N) is 8. The van der Waals surface area contributed by atoms with E-state index in [1.165, 1.54) is 34.9 Å². The predicted molar refractivity (Wildman–Crippen MR) is 370 cm³/mol. The summed E-state index contributed by atoms with van der Waals surface area (Å²) in [6, 6.07) is 5.18. The summed E-state index contributed by atoms with van der Waals surface area (Å²) in [5.41, 5.74) is 17.1. The fraction of sp³-hybridized carbons (Fsp3) is 0.617. The molecule has 8 aromatic rings. The first-order valence-electron chi connectivity index (χ1n) is 29.2. The highest BCUT2D eigenvalue weighted by molar-refractivity contribution is 7.79. The Balaban J connectivity index is 0.000000518. The van der Waals surface area contributed by atoms with E-state index in [9.17, 15) is 23.4 Å². The summed E-state index contributed by atoms with van der Waals surface area (Å²) in [7, 11) is 0. The molecule has 0 radical (unpaired) electrons. The van der Waals surface area contributed by atoms with E-state index in [1.54, 1.807) is 6.20 Å². The van der Waals surface area contributed by atoms with Crippen LogP contribution in [0.3, 0.4) is 0 Å². The third-order valence-corrected chi connectivity index (χ3v) is 13.4. The van der Waals surface area contributed by atoms with Crippen LogP contribution in [0.15, 0.2) is 74.0 Å². The number of aromatic nitrogens is 16. The van der Waals surface area contributed by atoms with Crippen LogP contribution in [-0.4, -0.2) is 91.1 Å². The van der Waals surface area contributed by atoms with Gasteiger partial charge in [0.05, 0.1) is 11.4 Å². The van der Waals surface area contributed by atoms with Gasteiger partial charge in [0.1, 0.15) is 17.4 Å². The highest BCUT2D eigenvalue weighted by Crippen LogP contribution is 2.26. The van der Waals surface area contributed by atoms with Crippen LogP contribution in [-0.2, 0) is 59.9 Å². The topological polar surface area (TPSA) is 424 Å². The molecule has 1 aliphatic heterocycles. The number of thiazole rings is 2. The van der Waals surface area contributed by atoms with Gasteiger partial charge in [-0.15, -0.1) is 25.9 Å². The third-order valence-electron chi connectivity index (χ3n) is 11.3. The van der Waals surface area contributed by atoms with Gasteiger partial charge in [-0.1, -0.05) is 209 Å². The Morgan fingerprint density at radius 2 is 1.17 bits per heavy atom. The number of rotatable bonds is 1. The lowest BCUT2D eigenvalue weighted by molar-refractivity contribution is 0.291. The molecule has 0 fully saturated rings. The smallest absolute Gasteiger partial charge is 0.383 e. The molecule has 1 unspecified atom stereocenters. The maximum absolute atomic E-state index is 10.8. The van der Waals surface area contributed by atoms with Gasteiger partial charge in [-0.2, -0.15) is 14.7 Å². The van der Waals surface area contributed by atoms with Gasteiger partial charge in [0.25, 0.3) is 5.56 Å². The lowest BCUT2D eigenvalue weighted by atomic mass is 9.92. The van der Waals surface area contributed by atoms with Crippen LogP contribution in [0.2, 0.25) is 0 Å². The molecular weight excluding hydrogens is 1260 g/mol. The van der Waals surface area contributed by atoms with Gasteiger partial charge in [-0.25, -0.2) is 44.2 Å². The number of tetrazole rings is 1. The Hall–Kier alpha value is -7.42. The predicted octanol–water partition coefficient (Wildman–Crippen LogP) is 11.2. The molecule has 1 aliphatic rings. The summed E-state index contributed by atoms with van der Waals surface area (Å²) in [4.78, 5) is 70.2. The fourth-order valence-corrected chi connectivity index (χ4v) is 8.30. The van der Waals surface area contributed by atoms with E-state index in [0.717, 1.165) is 40.8 Å². The number of H-pyrrole nitrogens is 7. The van der Waals surface area contributed by atoms with Crippen molar-refractivity contribution < 1.29 is 17.5 Å². The number of hydrogen-bond donors (Lipinski definition) is 10. The normalized spacial score (nSPS) is 13.3. The molecule has 1 atom stereocenters. The van der Waals surface area contributed by atoms with Crippen LogP contribution in [0.4, 0.5) is 11.1 Å². The van der Waals surface area contributed by atoms with E-state index in [4.69, 9.17) is 28.2 Å². The molecule has 0 saturated carbocycles. The second kappa shape index (κ2) is 34.5. The first kappa shape index (κ1) is 82.6. The van der Waals surface area contributed by atoms with E-state index < -0.39 is 17.0 Å². The summed E-state index contributed by atoms with van der Waals surface area (Å²) in [6.45, 7) is 55.3. The second-order valence-corrected chi connectivity index (χ2v) is 33.1. The van der Waals surface area contributed by atoms with Crippen LogP contribution in [0, 0.1) is 15.6 Å². The van der Waals surface area contributed by atoms with Gasteiger partial charge < -0.3 is 26.0 Å². The first-order chi connectivity index (χ1) is 41.6. The molecule has 9 rings (SSSR count). The van der Waals surface area contributed by atoms with Crippen molar-refractivity contribution in [3.05, 3.63) is 133 Å². The molecule has 0 bridgehead atoms. The molecule has 8 aromatic heterocycles. The molecule has 12 N–H and O–H groups in total. The average Bonchev–Trinajstić information content (AvgIpc) is 1.22. The number of hydrogen-bond acceptors (Lipinski definition) is 23. The number of nitrogen functional groups attached to an aromatic ring is 2. The average molecular weight is 1360 g/mol. The lowest BCUT2D eigenvalue weighted by Crippen LogP contribution is -2.30. The summed E-state index contributed by atoms with van der Waals surface area (Å²) in [6.07, 6.45) is 4.08. The number of amidine groups is 1. The molecule has 514 valence electrons. The zero-order valence-corrected chi connectivity index (χ0v) is 62.0. The molecule has 9 heterocycles. The summed E-state index contributed by atoms with van der Waals surface area (Å²) < 4.78 is 28.5. The van der Waals surface area contributed by atoms with E-state index >= 15 is 0 Å². The van der Waals surface area contributed by atoms with Crippen LogP contribution < -0.4 is 38.8 Å². The van der Waals surface area contributed by atoms with Crippen molar-refractivity contribution in [3.8, 4) is 0 Å². The highest BCUT2D eigenvalue weighted by Gasteiger charge is 2.26. The Morgan fingerprint density at radius 3 is 1.43 bits per heavy atom. The molecule has 28 nitrogen and oxygen atoms in total. The lowest BCUT2D eigenvalue weighted by Gasteiger charge is -2.17. The van der Waals surface area contributed by atoms with Crippen molar-refractivity contribution in [2.75, 3.05) is 11.5 Å². The Morgan fingerprint density at radius 1 is 0.598 bits per heavy atom. The minimum absolute atomic E-state index is 0.0118. The van der Waals surface area contributed by atoms with Gasteiger partial charge in [0.15, 0.2) is 16.8 Å². The van der Waals surface area contributed by atoms with E-state index in [0.29, 0.717) is 33.3 Å². The standard InChI is InChI=1S/C8H13N3.C8H12N2O.C7H12N2S.C7H11NO2.C7H11NOS.C6H12N4.C6H11N3S.C6H10N2O2.C5H10N2O2S/c1-8(2,3)6-4-5-10-7(9)11-6;1-8(2,3)6-4-5-9-7(11)10-6;1-7(2,3)5-4-10-6(8)9-5;1-7(2,3)5-4-6(9)8-10-5;1-7(2,3)5-4-10-6(9)8-5;1-6(2,3)4-5-7-9-10-8-5;1-6(2,3)4-7-5(10)9-8-4;1-6(2,3)4-7-5(9)10-8-4;1-5(2,3)4-6-9-10(8)7-4/h4-5H,1-3H3,(H2,9,10,11);4-5H,1-3H3,(H,9,10,11);4H,1-3H3,(H2,8,9);2*4H,1-3H3,(H,8,9);4H2,1-3H3,(H,7,8,9,10);1-3H3,(H2,7,8,9,10);1-3H3,(H,7,8,9);1-3H3,(H,6,7). The Kier molecular flexibility index (Phi) is 30.9. The number of hydroxylamine groups is 1. The molecule has 0 aromatic carbocycles. The Bertz CT molecular complexity index is 3540. The minimum Gasteiger partial charge on any atom is -0.383 e. The van der Waals surface area contributed by atoms with Crippen LogP contribution in [0.1, 0.15) is 233 Å². The monoisotopic (exact) mass is 1360 g/mol. The largest absolute Gasteiger partial charge is 0.438 e. The second-order valence-electron chi connectivity index (χ2n) is 30.2. The van der Waals surface area contributed by atoms with Crippen LogP contribution >= 0.6 is 34.9 Å². The van der Waals surface area contributed by atoms with Gasteiger partial charge in [0.2, 0.25) is 10.7 Å². The molecule has 0 spiro atoms. The van der Waals surface area contributed by atoms with Crippen molar-refractivity contribution in [3.63, 3.8) is 0 Å². The number of aromatic amines is 7. The number of anilines is 2. The van der Waals surface area contributed by atoms with Crippen molar-refractivity contribution in [2.24, 2.45) is 15.2 Å². The zero-order chi connectivity index (χ0) is 71.2. The van der Waals surface area contributed by atoms with Crippen molar-refractivity contribution >= 4 is 63.1 Å². The number of nitrogens with zero attached hydrogens (tertiary/aromatic N) is 10. The third kappa shape index (κ3) is 34.3. The molecule has 0 aliphatic carbocycles. The summed E-state index contributed by atoms with van der Waals surface area (Å²) in [5.74, 6) is 3.44. The molecular formula is C60H102N20O8S4. The van der Waals surface area contributed by atoms with Crippen molar-refractivity contribution in [2.45, 2.75) is 231 Å². The maximum atomic E-state index is 10.8. The Labute approximate surface area is 555 Å². The van der Waals surface area contributed by atoms with Crippen molar-refractivity contribution in [1.82, 2.24) is 86.5 Å². The maximum Gasteiger partial charge on any atom is 0.438 e. The van der Waals surface area contributed by atoms with Gasteiger partial charge in [-0.3, -0.25) is 29.3 Å². The van der Waals surface area contributed by atoms with Gasteiger partial charge in [-0.05, 0) is 29.8 Å². The van der Waals surface area contributed by atoms with Crippen LogP contribution in [0.25, 0.3) is 0 Å². The molecule has 32 heteroatoms. The van der Waals surface area contributed by atoms with Crippen LogP contribution in [0.5, 0.6) is 0 Å². The zero-order valence-electron chi connectivity index (χ0n) is 58.8. The number of nitrogens with two attached hydrogens (primary N) is 2. The van der Waals surface area contributed by atoms with E-state index in [2.05, 4.69) is 204 Å². The van der Waals surface area contributed by atoms with E-state index in [1.807, 2.05) is 106 Å². The van der Waals surface area contributed by atoms with E-state index in [-0.39, 0.29) is 64.9 Å². The van der Waals surface area contributed by atoms with Gasteiger partial charge in [0, 0.05) is 90.3 Å². The minimum atomic E-state index is -1.52. The van der Waals surface area contributed by atoms with Crippen molar-refractivity contribution in [1.29, 1.82) is 0 Å². The molecule has 92 heavy (non-hydrogen) atoms. The fourth-order valence-electron chi connectivity index (χ4n) is 5.92. The SMILES string of the molecule is CC(C)(C)C1=NS(=O)ON1.CC(C)(C)Cc1nn[nH]n1.CC(C)(C)c1cc(=O)[nH]o1.CC(C)(C)c1ccnc(=O)[nH]1.CC(C)(C)c1ccnc(N)n1.CC(C)(C)c1csc(=O)[nH]1.CC(C)(C)c1csc(N)n1.CC(C)(C)c1nc(=S)[nH][nH]1.CC(C)(C)c1noc(=O)[nH]1. The molecule has 0 saturated heterocycles.